The Bertz CT molecular complexity index is 543. The summed E-state index contributed by atoms with van der Waals surface area (Å²) < 4.78 is 0. The van der Waals surface area contributed by atoms with E-state index in [4.69, 9.17) is 11.6 Å². The van der Waals surface area contributed by atoms with E-state index in [2.05, 4.69) is 32.6 Å². The standard InChI is InChI=1S/C15H19ClN4/c16-13-4-1-11(2-5-13)3-6-14-18-15(20-19-14)12-7-9-17-10-8-12/h1-2,4-5,12,17H,3,6-10H2,(H,18,19,20). The molecule has 1 aliphatic heterocycles. The van der Waals surface area contributed by atoms with Gasteiger partial charge < -0.3 is 5.32 Å². The molecule has 20 heavy (non-hydrogen) atoms. The van der Waals surface area contributed by atoms with Gasteiger partial charge in [-0.25, -0.2) is 4.98 Å². The van der Waals surface area contributed by atoms with Crippen molar-refractivity contribution in [3.8, 4) is 0 Å². The lowest BCUT2D eigenvalue weighted by molar-refractivity contribution is 0.445. The van der Waals surface area contributed by atoms with Gasteiger partial charge in [-0.1, -0.05) is 23.7 Å². The molecule has 0 spiro atoms. The Hall–Kier alpha value is -1.39. The summed E-state index contributed by atoms with van der Waals surface area (Å²) in [4.78, 5) is 4.65. The fourth-order valence-corrected chi connectivity index (χ4v) is 2.72. The minimum Gasteiger partial charge on any atom is -0.317 e. The maximum absolute atomic E-state index is 5.88. The molecule has 1 saturated heterocycles. The maximum atomic E-state index is 5.88. The molecule has 2 heterocycles. The van der Waals surface area contributed by atoms with Gasteiger partial charge in [0.05, 0.1) is 0 Å². The second kappa shape index (κ2) is 6.37. The summed E-state index contributed by atoms with van der Waals surface area (Å²) in [6, 6.07) is 7.98. The molecule has 5 heteroatoms. The van der Waals surface area contributed by atoms with Crippen LogP contribution in [-0.4, -0.2) is 28.3 Å². The van der Waals surface area contributed by atoms with Gasteiger partial charge >= 0.3 is 0 Å². The predicted molar refractivity (Wildman–Crippen MR) is 80.1 cm³/mol. The summed E-state index contributed by atoms with van der Waals surface area (Å²) in [6.07, 6.45) is 4.11. The number of benzene rings is 1. The number of hydrogen-bond donors (Lipinski definition) is 2. The molecule has 4 nitrogen and oxygen atoms in total. The molecule has 0 amide bonds. The molecule has 1 aromatic carbocycles. The molecule has 106 valence electrons. The van der Waals surface area contributed by atoms with Gasteiger partial charge in [-0.15, -0.1) is 0 Å². The fraction of sp³-hybridized carbons (Fsp3) is 0.467. The van der Waals surface area contributed by atoms with Crippen LogP contribution in [0.15, 0.2) is 24.3 Å². The number of aromatic amines is 1. The van der Waals surface area contributed by atoms with E-state index in [9.17, 15) is 0 Å². The first-order valence-corrected chi connectivity index (χ1v) is 7.55. The van der Waals surface area contributed by atoms with Crippen molar-refractivity contribution in [2.24, 2.45) is 0 Å². The summed E-state index contributed by atoms with van der Waals surface area (Å²) in [5, 5.41) is 11.6. The summed E-state index contributed by atoms with van der Waals surface area (Å²) in [7, 11) is 0. The van der Waals surface area contributed by atoms with Crippen molar-refractivity contribution in [2.75, 3.05) is 13.1 Å². The molecule has 0 bridgehead atoms. The van der Waals surface area contributed by atoms with E-state index in [-0.39, 0.29) is 0 Å². The lowest BCUT2D eigenvalue weighted by Gasteiger charge is -2.19. The van der Waals surface area contributed by atoms with E-state index in [0.717, 1.165) is 55.4 Å². The zero-order valence-corrected chi connectivity index (χ0v) is 12.2. The molecule has 0 atom stereocenters. The molecule has 0 saturated carbocycles. The highest BCUT2D eigenvalue weighted by atomic mass is 35.5. The number of halogens is 1. The topological polar surface area (TPSA) is 53.6 Å². The number of rotatable bonds is 4. The molecule has 1 aliphatic rings. The number of piperidine rings is 1. The average molecular weight is 291 g/mol. The maximum Gasteiger partial charge on any atom is 0.153 e. The van der Waals surface area contributed by atoms with Gasteiger partial charge in [0, 0.05) is 17.4 Å². The number of nitrogens with one attached hydrogen (secondary N) is 2. The highest BCUT2D eigenvalue weighted by molar-refractivity contribution is 6.30. The predicted octanol–water partition coefficient (Wildman–Crippen LogP) is 2.71. The lowest BCUT2D eigenvalue weighted by Crippen LogP contribution is -2.27. The van der Waals surface area contributed by atoms with Gasteiger partial charge in [-0.05, 0) is 50.0 Å². The van der Waals surface area contributed by atoms with E-state index in [1.54, 1.807) is 0 Å². The third kappa shape index (κ3) is 3.38. The van der Waals surface area contributed by atoms with Crippen molar-refractivity contribution in [2.45, 2.75) is 31.6 Å². The van der Waals surface area contributed by atoms with Gasteiger partial charge in [0.1, 0.15) is 5.82 Å². The molecule has 3 rings (SSSR count). The Balaban J connectivity index is 1.58. The van der Waals surface area contributed by atoms with Gasteiger partial charge in [-0.3, -0.25) is 5.10 Å². The highest BCUT2D eigenvalue weighted by Crippen LogP contribution is 2.21. The molecule has 2 aromatic rings. The molecule has 0 unspecified atom stereocenters. The van der Waals surface area contributed by atoms with Crippen LogP contribution in [0.1, 0.15) is 36.0 Å². The first-order valence-electron chi connectivity index (χ1n) is 7.17. The van der Waals surface area contributed by atoms with Crippen LogP contribution in [-0.2, 0) is 12.8 Å². The van der Waals surface area contributed by atoms with Crippen molar-refractivity contribution >= 4 is 11.6 Å². The summed E-state index contributed by atoms with van der Waals surface area (Å²) in [5.41, 5.74) is 1.27. The van der Waals surface area contributed by atoms with Crippen LogP contribution >= 0.6 is 11.6 Å². The number of aromatic nitrogens is 3. The minimum absolute atomic E-state index is 0.511. The smallest absolute Gasteiger partial charge is 0.153 e. The minimum atomic E-state index is 0.511. The SMILES string of the molecule is Clc1ccc(CCc2nc(C3CCNCC3)n[nH]2)cc1. The molecule has 0 aliphatic carbocycles. The van der Waals surface area contributed by atoms with Gasteiger partial charge in [0.25, 0.3) is 0 Å². The Labute approximate surface area is 124 Å². The third-order valence-corrected chi connectivity index (χ3v) is 4.07. The Kier molecular flexibility index (Phi) is 4.33. The van der Waals surface area contributed by atoms with Crippen LogP contribution in [0.3, 0.4) is 0 Å². The molecular formula is C15H19ClN4. The molecule has 0 radical (unpaired) electrons. The lowest BCUT2D eigenvalue weighted by atomic mass is 9.98. The van der Waals surface area contributed by atoms with Crippen LogP contribution in [0.2, 0.25) is 5.02 Å². The van der Waals surface area contributed by atoms with Crippen molar-refractivity contribution in [3.05, 3.63) is 46.5 Å². The molecule has 1 fully saturated rings. The molecular weight excluding hydrogens is 272 g/mol. The van der Waals surface area contributed by atoms with E-state index >= 15 is 0 Å². The van der Waals surface area contributed by atoms with Crippen LogP contribution in [0, 0.1) is 0 Å². The Morgan fingerprint density at radius 2 is 1.85 bits per heavy atom. The molecule has 2 N–H and O–H groups in total. The number of aryl methyl sites for hydroxylation is 2. The van der Waals surface area contributed by atoms with Crippen LogP contribution in [0.25, 0.3) is 0 Å². The van der Waals surface area contributed by atoms with Crippen molar-refractivity contribution in [1.82, 2.24) is 20.5 Å². The van der Waals surface area contributed by atoms with E-state index in [0.29, 0.717) is 5.92 Å². The van der Waals surface area contributed by atoms with Crippen molar-refractivity contribution in [3.63, 3.8) is 0 Å². The Morgan fingerprint density at radius 3 is 2.60 bits per heavy atom. The second-order valence-corrected chi connectivity index (χ2v) is 5.73. The van der Waals surface area contributed by atoms with Crippen molar-refractivity contribution in [1.29, 1.82) is 0 Å². The third-order valence-electron chi connectivity index (χ3n) is 3.82. The number of hydrogen-bond acceptors (Lipinski definition) is 3. The van der Waals surface area contributed by atoms with E-state index in [1.165, 1.54) is 5.56 Å². The average Bonchev–Trinajstić information content (AvgIpc) is 2.97. The second-order valence-electron chi connectivity index (χ2n) is 5.29. The summed E-state index contributed by atoms with van der Waals surface area (Å²) in [6.45, 7) is 2.14. The first-order chi connectivity index (χ1) is 9.81. The number of nitrogens with zero attached hydrogens (tertiary/aromatic N) is 2. The first kappa shape index (κ1) is 13.6. The summed E-state index contributed by atoms with van der Waals surface area (Å²) in [5.74, 6) is 2.47. The van der Waals surface area contributed by atoms with Gasteiger partial charge in [0.15, 0.2) is 5.82 Å². The van der Waals surface area contributed by atoms with Crippen LogP contribution < -0.4 is 5.32 Å². The largest absolute Gasteiger partial charge is 0.317 e. The quantitative estimate of drug-likeness (QED) is 0.910. The normalized spacial score (nSPS) is 16.4. The van der Waals surface area contributed by atoms with Crippen LogP contribution in [0.5, 0.6) is 0 Å². The van der Waals surface area contributed by atoms with E-state index in [1.807, 2.05) is 12.1 Å². The zero-order valence-electron chi connectivity index (χ0n) is 11.4. The molecule has 1 aromatic heterocycles. The summed E-state index contributed by atoms with van der Waals surface area (Å²) >= 11 is 5.88. The van der Waals surface area contributed by atoms with Gasteiger partial charge in [0.2, 0.25) is 0 Å². The highest BCUT2D eigenvalue weighted by Gasteiger charge is 2.19. The van der Waals surface area contributed by atoms with Crippen LogP contribution in [0.4, 0.5) is 0 Å². The van der Waals surface area contributed by atoms with Crippen molar-refractivity contribution < 1.29 is 0 Å². The van der Waals surface area contributed by atoms with Gasteiger partial charge in [-0.2, -0.15) is 5.10 Å². The number of H-pyrrole nitrogens is 1. The zero-order chi connectivity index (χ0) is 13.8. The van der Waals surface area contributed by atoms with E-state index < -0.39 is 0 Å². The Morgan fingerprint density at radius 1 is 1.10 bits per heavy atom. The fourth-order valence-electron chi connectivity index (χ4n) is 2.60. The monoisotopic (exact) mass is 290 g/mol.